The summed E-state index contributed by atoms with van der Waals surface area (Å²) < 4.78 is 15.9. The highest BCUT2D eigenvalue weighted by molar-refractivity contribution is 6.32. The molecular formula is C16H10ClNO4. The van der Waals surface area contributed by atoms with Crippen molar-refractivity contribution in [3.05, 3.63) is 52.4 Å². The predicted octanol–water partition coefficient (Wildman–Crippen LogP) is 3.49. The first-order valence-corrected chi connectivity index (χ1v) is 6.86. The molecule has 0 spiro atoms. The normalized spacial score (nSPS) is 13.5. The van der Waals surface area contributed by atoms with Gasteiger partial charge in [0.2, 0.25) is 5.78 Å². The van der Waals surface area contributed by atoms with Gasteiger partial charge in [0, 0.05) is 0 Å². The smallest absolute Gasteiger partial charge is 0.238 e. The molecule has 0 saturated heterocycles. The quantitative estimate of drug-likeness (QED) is 0.492. The summed E-state index contributed by atoms with van der Waals surface area (Å²) in [5.74, 6) is 0.587. The molecular weight excluding hydrogens is 306 g/mol. The minimum Gasteiger partial charge on any atom is -0.486 e. The van der Waals surface area contributed by atoms with Crippen LogP contribution >= 0.6 is 11.6 Å². The second-order valence-electron chi connectivity index (χ2n) is 4.50. The van der Waals surface area contributed by atoms with E-state index < -0.39 is 5.78 Å². The third kappa shape index (κ3) is 2.69. The number of carbonyl (C=O) groups is 1. The second-order valence-corrected chi connectivity index (χ2v) is 4.91. The summed E-state index contributed by atoms with van der Waals surface area (Å²) in [7, 11) is 0. The Labute approximate surface area is 131 Å². The number of allylic oxidation sites excluding steroid dienone is 1. The van der Waals surface area contributed by atoms with Crippen molar-refractivity contribution in [3.63, 3.8) is 0 Å². The average Bonchev–Trinajstić information content (AvgIpc) is 3.06. The van der Waals surface area contributed by atoms with Crippen LogP contribution in [0.3, 0.4) is 0 Å². The molecule has 0 saturated carbocycles. The number of carbonyl (C=O) groups excluding carboxylic acids is 1. The third-order valence-corrected chi connectivity index (χ3v) is 3.32. The van der Waals surface area contributed by atoms with Crippen molar-refractivity contribution < 1.29 is 18.7 Å². The molecule has 1 aliphatic heterocycles. The zero-order chi connectivity index (χ0) is 15.5. The van der Waals surface area contributed by atoms with Gasteiger partial charge in [-0.25, -0.2) is 0 Å². The molecule has 0 atom stereocenters. The molecule has 0 aliphatic carbocycles. The van der Waals surface area contributed by atoms with Gasteiger partial charge in [-0.2, -0.15) is 5.26 Å². The number of nitrogens with zero attached hydrogens (tertiary/aromatic N) is 1. The van der Waals surface area contributed by atoms with Gasteiger partial charge in [-0.1, -0.05) is 11.6 Å². The van der Waals surface area contributed by atoms with E-state index in [9.17, 15) is 10.1 Å². The Hall–Kier alpha value is -2.71. The summed E-state index contributed by atoms with van der Waals surface area (Å²) in [6.45, 7) is 0.856. The molecule has 110 valence electrons. The molecule has 1 aromatic carbocycles. The first kappa shape index (κ1) is 14.2. The fourth-order valence-electron chi connectivity index (χ4n) is 2.07. The van der Waals surface area contributed by atoms with Crippen molar-refractivity contribution >= 4 is 23.5 Å². The topological polar surface area (TPSA) is 72.5 Å². The van der Waals surface area contributed by atoms with Crippen LogP contribution in [0, 0.1) is 11.3 Å². The molecule has 3 rings (SSSR count). The average molecular weight is 316 g/mol. The lowest BCUT2D eigenvalue weighted by atomic mass is 10.1. The minimum atomic E-state index is -0.487. The third-order valence-electron chi connectivity index (χ3n) is 3.04. The summed E-state index contributed by atoms with van der Waals surface area (Å²) in [4.78, 5) is 12.1. The summed E-state index contributed by atoms with van der Waals surface area (Å²) in [6.07, 6.45) is 2.82. The predicted molar refractivity (Wildman–Crippen MR) is 79.1 cm³/mol. The Kier molecular flexibility index (Phi) is 3.86. The maximum Gasteiger partial charge on any atom is 0.238 e. The molecule has 1 aromatic heterocycles. The Balaban J connectivity index is 1.98. The highest BCUT2D eigenvalue weighted by Gasteiger charge is 2.18. The Morgan fingerprint density at radius 2 is 2.14 bits per heavy atom. The van der Waals surface area contributed by atoms with E-state index in [2.05, 4.69) is 0 Å². The second kappa shape index (κ2) is 5.96. The van der Waals surface area contributed by atoms with E-state index in [-0.39, 0.29) is 11.3 Å². The van der Waals surface area contributed by atoms with Crippen LogP contribution in [0.1, 0.15) is 16.1 Å². The number of halogens is 1. The maximum atomic E-state index is 12.1. The molecule has 2 aromatic rings. The fraction of sp³-hybridized carbons (Fsp3) is 0.125. The largest absolute Gasteiger partial charge is 0.486 e. The number of nitriles is 1. The van der Waals surface area contributed by atoms with E-state index in [1.807, 2.05) is 6.07 Å². The van der Waals surface area contributed by atoms with Crippen LogP contribution in [0.25, 0.3) is 6.08 Å². The number of hydrogen-bond acceptors (Lipinski definition) is 5. The van der Waals surface area contributed by atoms with Crippen LogP contribution in [-0.4, -0.2) is 19.0 Å². The molecule has 6 heteroatoms. The molecule has 2 heterocycles. The molecule has 0 N–H and O–H groups in total. The molecule has 0 fully saturated rings. The van der Waals surface area contributed by atoms with E-state index in [0.717, 1.165) is 0 Å². The lowest BCUT2D eigenvalue weighted by Gasteiger charge is -2.19. The molecule has 1 aliphatic rings. The van der Waals surface area contributed by atoms with Crippen molar-refractivity contribution in [3.8, 4) is 17.6 Å². The van der Waals surface area contributed by atoms with E-state index >= 15 is 0 Å². The highest BCUT2D eigenvalue weighted by atomic mass is 35.5. The lowest BCUT2D eigenvalue weighted by Crippen LogP contribution is -2.15. The van der Waals surface area contributed by atoms with E-state index in [4.69, 9.17) is 25.5 Å². The maximum absolute atomic E-state index is 12.1. The lowest BCUT2D eigenvalue weighted by molar-refractivity contribution is 0.101. The van der Waals surface area contributed by atoms with E-state index in [1.165, 1.54) is 18.4 Å². The van der Waals surface area contributed by atoms with Gasteiger partial charge < -0.3 is 13.9 Å². The Bertz CT molecular complexity index is 787. The van der Waals surface area contributed by atoms with Crippen LogP contribution in [-0.2, 0) is 0 Å². The van der Waals surface area contributed by atoms with Gasteiger partial charge in [0.05, 0.1) is 11.3 Å². The molecule has 0 bridgehead atoms. The van der Waals surface area contributed by atoms with Crippen LogP contribution in [0.4, 0.5) is 0 Å². The monoisotopic (exact) mass is 315 g/mol. The van der Waals surface area contributed by atoms with Gasteiger partial charge in [0.15, 0.2) is 17.3 Å². The zero-order valence-electron chi connectivity index (χ0n) is 11.3. The first-order valence-electron chi connectivity index (χ1n) is 6.48. The van der Waals surface area contributed by atoms with Crippen LogP contribution in [0.5, 0.6) is 11.5 Å². The minimum absolute atomic E-state index is 0.0531. The summed E-state index contributed by atoms with van der Waals surface area (Å²) in [6, 6.07) is 8.25. The molecule has 0 radical (unpaired) electrons. The van der Waals surface area contributed by atoms with Gasteiger partial charge in [-0.15, -0.1) is 0 Å². The van der Waals surface area contributed by atoms with E-state index in [1.54, 1.807) is 18.2 Å². The van der Waals surface area contributed by atoms with Crippen molar-refractivity contribution in [2.24, 2.45) is 0 Å². The summed E-state index contributed by atoms with van der Waals surface area (Å²) >= 11 is 6.13. The van der Waals surface area contributed by atoms with Gasteiger partial charge in [-0.05, 0) is 35.9 Å². The fourth-order valence-corrected chi connectivity index (χ4v) is 2.34. The SMILES string of the molecule is N#C/C(=C\c1cc(Cl)c2c(c1)OCCO2)C(=O)c1ccco1. The van der Waals surface area contributed by atoms with Gasteiger partial charge >= 0.3 is 0 Å². The van der Waals surface area contributed by atoms with Gasteiger partial charge in [-0.3, -0.25) is 4.79 Å². The number of ketones is 1. The number of benzene rings is 1. The van der Waals surface area contributed by atoms with Crippen LogP contribution < -0.4 is 9.47 Å². The zero-order valence-corrected chi connectivity index (χ0v) is 12.1. The van der Waals surface area contributed by atoms with Crippen molar-refractivity contribution in [2.45, 2.75) is 0 Å². The van der Waals surface area contributed by atoms with Gasteiger partial charge in [0.25, 0.3) is 0 Å². The van der Waals surface area contributed by atoms with Crippen LogP contribution in [0.15, 0.2) is 40.5 Å². The number of furan rings is 1. The molecule has 5 nitrogen and oxygen atoms in total. The van der Waals surface area contributed by atoms with Crippen molar-refractivity contribution in [1.82, 2.24) is 0 Å². The van der Waals surface area contributed by atoms with Crippen molar-refractivity contribution in [1.29, 1.82) is 5.26 Å². The summed E-state index contributed by atoms with van der Waals surface area (Å²) in [5.41, 5.74) is 0.522. The Morgan fingerprint density at radius 3 is 2.86 bits per heavy atom. The number of hydrogen-bond donors (Lipinski definition) is 0. The number of rotatable bonds is 3. The first-order chi connectivity index (χ1) is 10.7. The Morgan fingerprint density at radius 1 is 1.32 bits per heavy atom. The number of fused-ring (bicyclic) bond motifs is 1. The standard InChI is InChI=1S/C16H10ClNO4/c17-12-7-10(8-14-16(12)22-5-4-21-14)6-11(9-18)15(19)13-2-1-3-20-13/h1-3,6-8H,4-5H2/b11-6+. The number of ether oxygens (including phenoxy) is 2. The summed E-state index contributed by atoms with van der Waals surface area (Å²) in [5, 5.41) is 9.56. The number of Topliss-reactive ketones (excluding diaryl/α,β-unsaturated/α-hetero) is 1. The molecule has 0 unspecified atom stereocenters. The van der Waals surface area contributed by atoms with Gasteiger partial charge in [0.1, 0.15) is 24.9 Å². The van der Waals surface area contributed by atoms with Crippen LogP contribution in [0.2, 0.25) is 5.02 Å². The molecule has 0 amide bonds. The highest BCUT2D eigenvalue weighted by Crippen LogP contribution is 2.38. The van der Waals surface area contributed by atoms with Crippen molar-refractivity contribution in [2.75, 3.05) is 13.2 Å². The van der Waals surface area contributed by atoms with E-state index in [0.29, 0.717) is 35.3 Å². The molecule has 22 heavy (non-hydrogen) atoms.